The number of fused-ring (bicyclic) bond motifs is 1. The molecule has 2 aromatic carbocycles. The predicted octanol–water partition coefficient (Wildman–Crippen LogP) is 5.79. The van der Waals surface area contributed by atoms with E-state index in [1.54, 1.807) is 7.11 Å². The molecule has 0 saturated carbocycles. The number of benzene rings is 2. The number of methoxy groups -OCH3 is 1. The molecular weight excluding hydrogens is 444 g/mol. The molecule has 0 amide bonds. The van der Waals surface area contributed by atoms with Crippen LogP contribution in [0.3, 0.4) is 0 Å². The third-order valence-electron chi connectivity index (χ3n) is 5.79. The third kappa shape index (κ3) is 4.94. The highest BCUT2D eigenvalue weighted by Crippen LogP contribution is 2.29. The molecule has 176 valence electrons. The molecule has 6 nitrogen and oxygen atoms in total. The van der Waals surface area contributed by atoms with E-state index in [4.69, 9.17) is 4.74 Å². The maximum Gasteiger partial charge on any atom is 0.191 e. The number of Topliss-reactive ketones (excluding diaryl/α,β-unsaturated/α-hetero) is 1. The molecule has 1 unspecified atom stereocenters. The van der Waals surface area contributed by atoms with Crippen molar-refractivity contribution >= 4 is 28.4 Å². The average molecular weight is 475 g/mol. The zero-order chi connectivity index (χ0) is 24.1. The summed E-state index contributed by atoms with van der Waals surface area (Å²) >= 11 is 1.47. The summed E-state index contributed by atoms with van der Waals surface area (Å²) in [6.07, 6.45) is 5.42. The zero-order valence-electron chi connectivity index (χ0n) is 19.9. The van der Waals surface area contributed by atoms with E-state index in [-0.39, 0.29) is 11.0 Å². The van der Waals surface area contributed by atoms with Crippen LogP contribution >= 0.6 is 11.8 Å². The van der Waals surface area contributed by atoms with Crippen LogP contribution in [-0.4, -0.2) is 37.5 Å². The fraction of sp³-hybridized carbons (Fsp3) is 0.296. The second-order valence-corrected chi connectivity index (χ2v) is 9.51. The van der Waals surface area contributed by atoms with Gasteiger partial charge < -0.3 is 13.9 Å². The first-order valence-corrected chi connectivity index (χ1v) is 12.4. The molecule has 34 heavy (non-hydrogen) atoms. The Hall–Kier alpha value is -3.32. The van der Waals surface area contributed by atoms with Gasteiger partial charge in [-0.15, -0.1) is 16.8 Å². The minimum absolute atomic E-state index is 0.0896. The molecule has 0 radical (unpaired) electrons. The molecule has 0 bridgehead atoms. The monoisotopic (exact) mass is 474 g/mol. The lowest BCUT2D eigenvalue weighted by atomic mass is 10.1. The molecular formula is C27H30N4O2S. The molecule has 0 aliphatic carbocycles. The normalized spacial score (nSPS) is 12.1. The van der Waals surface area contributed by atoms with E-state index in [9.17, 15) is 4.79 Å². The second kappa shape index (κ2) is 10.7. The number of carbonyl (C=O) groups excluding carboxylic acids is 1. The van der Waals surface area contributed by atoms with Crippen LogP contribution in [-0.2, 0) is 19.5 Å². The van der Waals surface area contributed by atoms with E-state index in [0.29, 0.717) is 13.0 Å². The predicted molar refractivity (Wildman–Crippen MR) is 138 cm³/mol. The number of aromatic nitrogens is 4. The first kappa shape index (κ1) is 23.8. The Balaban J connectivity index is 1.57. The van der Waals surface area contributed by atoms with Crippen molar-refractivity contribution in [3.8, 4) is 5.75 Å². The van der Waals surface area contributed by atoms with Gasteiger partial charge in [0.1, 0.15) is 11.6 Å². The highest BCUT2D eigenvalue weighted by molar-refractivity contribution is 8.00. The van der Waals surface area contributed by atoms with E-state index >= 15 is 0 Å². The lowest BCUT2D eigenvalue weighted by Crippen LogP contribution is -2.15. The summed E-state index contributed by atoms with van der Waals surface area (Å²) in [6, 6.07) is 16.0. The highest BCUT2D eigenvalue weighted by Gasteiger charge is 2.24. The molecule has 4 aromatic rings. The molecule has 0 aliphatic heterocycles. The Morgan fingerprint density at radius 2 is 1.94 bits per heavy atom. The van der Waals surface area contributed by atoms with Gasteiger partial charge in [-0.1, -0.05) is 55.1 Å². The second-order valence-electron chi connectivity index (χ2n) is 8.20. The summed E-state index contributed by atoms with van der Waals surface area (Å²) in [6.45, 7) is 9.39. The van der Waals surface area contributed by atoms with Gasteiger partial charge in [-0.3, -0.25) is 4.79 Å². The van der Waals surface area contributed by atoms with Crippen molar-refractivity contribution in [2.24, 2.45) is 0 Å². The zero-order valence-corrected chi connectivity index (χ0v) is 20.7. The number of allylic oxidation sites excluding steroid dienone is 1. The van der Waals surface area contributed by atoms with E-state index in [1.165, 1.54) is 11.8 Å². The smallest absolute Gasteiger partial charge is 0.191 e. The first-order valence-electron chi connectivity index (χ1n) is 11.5. The Morgan fingerprint density at radius 1 is 1.18 bits per heavy atom. The average Bonchev–Trinajstić information content (AvgIpc) is 3.41. The largest absolute Gasteiger partial charge is 0.497 e. The number of thioether (sulfide) groups is 1. The van der Waals surface area contributed by atoms with Crippen LogP contribution in [0.25, 0.3) is 10.9 Å². The Labute approximate surface area is 204 Å². The molecule has 0 saturated heterocycles. The lowest BCUT2D eigenvalue weighted by Gasteiger charge is -2.12. The summed E-state index contributed by atoms with van der Waals surface area (Å²) in [5.41, 5.74) is 2.91. The maximum atomic E-state index is 13.5. The van der Waals surface area contributed by atoms with Gasteiger partial charge in [-0.2, -0.15) is 0 Å². The van der Waals surface area contributed by atoms with Gasteiger partial charge in [-0.25, -0.2) is 0 Å². The van der Waals surface area contributed by atoms with Crippen molar-refractivity contribution in [2.75, 3.05) is 7.11 Å². The summed E-state index contributed by atoms with van der Waals surface area (Å²) in [4.78, 5) is 13.5. The molecule has 7 heteroatoms. The van der Waals surface area contributed by atoms with E-state index < -0.39 is 0 Å². The number of nitrogens with zero attached hydrogens (tertiary/aromatic N) is 4. The highest BCUT2D eigenvalue weighted by atomic mass is 32.2. The number of carbonyl (C=O) groups is 1. The maximum absolute atomic E-state index is 13.5. The van der Waals surface area contributed by atoms with Crippen molar-refractivity contribution in [3.63, 3.8) is 0 Å². The number of para-hydroxylation sites is 1. The fourth-order valence-electron chi connectivity index (χ4n) is 4.07. The van der Waals surface area contributed by atoms with Crippen molar-refractivity contribution in [3.05, 3.63) is 84.3 Å². The lowest BCUT2D eigenvalue weighted by molar-refractivity contribution is 0.0995. The van der Waals surface area contributed by atoms with Crippen LogP contribution in [0.15, 0.2) is 72.5 Å². The van der Waals surface area contributed by atoms with Crippen molar-refractivity contribution in [1.29, 1.82) is 0 Å². The number of hydrogen-bond donors (Lipinski definition) is 0. The minimum Gasteiger partial charge on any atom is -0.497 e. The van der Waals surface area contributed by atoms with Gasteiger partial charge >= 0.3 is 0 Å². The van der Waals surface area contributed by atoms with E-state index in [0.717, 1.165) is 51.7 Å². The quantitative estimate of drug-likeness (QED) is 0.156. The Bertz CT molecular complexity index is 1290. The number of rotatable bonds is 11. The minimum atomic E-state index is -0.295. The standard InChI is InChI=1S/C27H30N4O2S/c1-5-15-30-18-23(22-9-7-8-10-24(22)30)26(32)19(3)34-27-29-28-25(31(27)16-6-2)17-20-11-13-21(33-4)14-12-20/h5,7-14,18-19H,1,6,15-17H2,2-4H3. The Kier molecular flexibility index (Phi) is 7.53. The number of ketones is 1. The van der Waals surface area contributed by atoms with Crippen LogP contribution in [0.2, 0.25) is 0 Å². The molecule has 2 heterocycles. The summed E-state index contributed by atoms with van der Waals surface area (Å²) in [5.74, 6) is 1.82. The molecule has 0 fully saturated rings. The van der Waals surface area contributed by atoms with Gasteiger partial charge in [0.15, 0.2) is 10.9 Å². The van der Waals surface area contributed by atoms with Crippen LogP contribution in [0.5, 0.6) is 5.75 Å². The summed E-state index contributed by atoms with van der Waals surface area (Å²) < 4.78 is 9.46. The van der Waals surface area contributed by atoms with Crippen molar-refractivity contribution in [1.82, 2.24) is 19.3 Å². The SMILES string of the molecule is C=CCn1cc(C(=O)C(C)Sc2nnc(Cc3ccc(OC)cc3)n2CCC)c2ccccc21. The van der Waals surface area contributed by atoms with Crippen LogP contribution in [0.1, 0.15) is 42.0 Å². The number of ether oxygens (including phenoxy) is 1. The third-order valence-corrected chi connectivity index (χ3v) is 6.87. The molecule has 0 aliphatic rings. The van der Waals surface area contributed by atoms with Crippen LogP contribution in [0.4, 0.5) is 0 Å². The van der Waals surface area contributed by atoms with Gasteiger partial charge in [-0.05, 0) is 37.1 Å². The van der Waals surface area contributed by atoms with Crippen molar-refractivity contribution in [2.45, 2.75) is 50.2 Å². The first-order chi connectivity index (χ1) is 16.5. The molecule has 4 rings (SSSR count). The van der Waals surface area contributed by atoms with Gasteiger partial charge in [0, 0.05) is 42.2 Å². The van der Waals surface area contributed by atoms with Gasteiger partial charge in [0.2, 0.25) is 0 Å². The topological polar surface area (TPSA) is 61.9 Å². The molecule has 2 aromatic heterocycles. The van der Waals surface area contributed by atoms with Crippen molar-refractivity contribution < 1.29 is 9.53 Å². The van der Waals surface area contributed by atoms with Crippen LogP contribution < -0.4 is 4.74 Å². The van der Waals surface area contributed by atoms with E-state index in [1.807, 2.05) is 67.7 Å². The van der Waals surface area contributed by atoms with E-state index in [2.05, 4.69) is 32.8 Å². The fourth-order valence-corrected chi connectivity index (χ4v) is 5.04. The molecule has 0 N–H and O–H groups in total. The number of hydrogen-bond acceptors (Lipinski definition) is 5. The summed E-state index contributed by atoms with van der Waals surface area (Å²) in [7, 11) is 1.66. The van der Waals surface area contributed by atoms with Gasteiger partial charge in [0.05, 0.1) is 12.4 Å². The van der Waals surface area contributed by atoms with Crippen LogP contribution in [0, 0.1) is 0 Å². The summed E-state index contributed by atoms with van der Waals surface area (Å²) in [5, 5.41) is 10.4. The Morgan fingerprint density at radius 3 is 2.65 bits per heavy atom. The van der Waals surface area contributed by atoms with Gasteiger partial charge in [0.25, 0.3) is 0 Å². The molecule has 0 spiro atoms. The molecule has 1 atom stereocenters.